The molecule has 0 radical (unpaired) electrons. The molecule has 1 N–H and O–H groups in total. The molecule has 84 valence electrons. The predicted octanol–water partition coefficient (Wildman–Crippen LogP) is 1.15. The molecule has 0 aromatic carbocycles. The molecule has 3 aliphatic rings. The summed E-state index contributed by atoms with van der Waals surface area (Å²) in [6.07, 6.45) is 7.54. The molecule has 2 aliphatic carbocycles. The number of hydrogen-bond acceptors (Lipinski definition) is 3. The van der Waals surface area contributed by atoms with Crippen LogP contribution < -0.4 is 5.32 Å². The van der Waals surface area contributed by atoms with Crippen LogP contribution in [-0.2, 0) is 9.59 Å². The first kappa shape index (κ1) is 9.97. The highest BCUT2D eigenvalue weighted by atomic mass is 16.2. The molecule has 2 atom stereocenters. The van der Waals surface area contributed by atoms with Gasteiger partial charge in [0.25, 0.3) is 0 Å². The van der Waals surface area contributed by atoms with E-state index in [0.717, 1.165) is 37.0 Å². The van der Waals surface area contributed by atoms with Crippen LogP contribution in [-0.4, -0.2) is 24.2 Å². The maximum atomic E-state index is 11.9. The maximum absolute atomic E-state index is 11.9. The fraction of sp³-hybridized carbons (Fsp3) is 0.538. The summed E-state index contributed by atoms with van der Waals surface area (Å²) in [5.41, 5.74) is 1.90. The van der Waals surface area contributed by atoms with Gasteiger partial charge >= 0.3 is 0 Å². The third-order valence-electron chi connectivity index (χ3n) is 3.85. The van der Waals surface area contributed by atoms with Crippen molar-refractivity contribution in [2.24, 2.45) is 5.92 Å². The van der Waals surface area contributed by atoms with Gasteiger partial charge in [-0.2, -0.15) is 0 Å². The number of ketones is 2. The molecule has 0 aromatic rings. The van der Waals surface area contributed by atoms with Crippen LogP contribution in [0, 0.1) is 5.92 Å². The van der Waals surface area contributed by atoms with E-state index in [2.05, 4.69) is 17.5 Å². The Morgan fingerprint density at radius 2 is 2.12 bits per heavy atom. The number of fused-ring (bicyclic) bond motifs is 2. The summed E-state index contributed by atoms with van der Waals surface area (Å²) in [5.74, 6) is -0.0127. The number of rotatable bonds is 0. The van der Waals surface area contributed by atoms with Gasteiger partial charge in [-0.1, -0.05) is 12.2 Å². The van der Waals surface area contributed by atoms with Crippen LogP contribution in [0.5, 0.6) is 0 Å². The van der Waals surface area contributed by atoms with E-state index in [1.807, 2.05) is 0 Å². The van der Waals surface area contributed by atoms with Crippen molar-refractivity contribution in [2.45, 2.75) is 31.7 Å². The van der Waals surface area contributed by atoms with Crippen molar-refractivity contribution in [2.75, 3.05) is 6.54 Å². The Balaban J connectivity index is 2.09. The maximum Gasteiger partial charge on any atom is 0.226 e. The van der Waals surface area contributed by atoms with Crippen molar-refractivity contribution in [1.82, 2.24) is 5.32 Å². The van der Waals surface area contributed by atoms with Crippen molar-refractivity contribution in [1.29, 1.82) is 0 Å². The second kappa shape index (κ2) is 3.67. The van der Waals surface area contributed by atoms with Gasteiger partial charge in [0.15, 0.2) is 0 Å². The SMILES string of the molecule is O=C1CCC2NCC3CCC=CC3=C2C1=O. The van der Waals surface area contributed by atoms with Crippen LogP contribution in [0.2, 0.25) is 0 Å². The zero-order valence-corrected chi connectivity index (χ0v) is 9.16. The Kier molecular flexibility index (Phi) is 2.28. The van der Waals surface area contributed by atoms with Crippen LogP contribution in [0.3, 0.4) is 0 Å². The molecule has 1 fully saturated rings. The number of hydrogen-bond donors (Lipinski definition) is 1. The molecule has 1 aliphatic heterocycles. The van der Waals surface area contributed by atoms with E-state index >= 15 is 0 Å². The molecule has 16 heavy (non-hydrogen) atoms. The molecule has 3 rings (SSSR count). The summed E-state index contributed by atoms with van der Waals surface area (Å²) in [6.45, 7) is 0.954. The number of carbonyl (C=O) groups is 2. The molecule has 0 aromatic heterocycles. The molecule has 3 nitrogen and oxygen atoms in total. The smallest absolute Gasteiger partial charge is 0.226 e. The quantitative estimate of drug-likeness (QED) is 0.619. The van der Waals surface area contributed by atoms with Crippen LogP contribution >= 0.6 is 0 Å². The van der Waals surface area contributed by atoms with E-state index in [1.165, 1.54) is 0 Å². The summed E-state index contributed by atoms with van der Waals surface area (Å²) in [7, 11) is 0. The van der Waals surface area contributed by atoms with Gasteiger partial charge in [-0.15, -0.1) is 0 Å². The molecular formula is C13H15NO2. The van der Waals surface area contributed by atoms with E-state index in [9.17, 15) is 9.59 Å². The lowest BCUT2D eigenvalue weighted by Gasteiger charge is -2.36. The topological polar surface area (TPSA) is 46.2 Å². The fourth-order valence-corrected chi connectivity index (χ4v) is 2.98. The Labute approximate surface area is 94.6 Å². The zero-order chi connectivity index (χ0) is 11.1. The Bertz CT molecular complexity index is 420. The largest absolute Gasteiger partial charge is 0.309 e. The molecule has 0 amide bonds. The van der Waals surface area contributed by atoms with Crippen molar-refractivity contribution in [3.8, 4) is 0 Å². The molecule has 1 saturated carbocycles. The third-order valence-corrected chi connectivity index (χ3v) is 3.85. The zero-order valence-electron chi connectivity index (χ0n) is 9.16. The Morgan fingerprint density at radius 1 is 1.25 bits per heavy atom. The van der Waals surface area contributed by atoms with Gasteiger partial charge in [-0.05, 0) is 30.8 Å². The lowest BCUT2D eigenvalue weighted by molar-refractivity contribution is -0.135. The Morgan fingerprint density at radius 3 is 3.00 bits per heavy atom. The van der Waals surface area contributed by atoms with Gasteiger partial charge in [-0.3, -0.25) is 9.59 Å². The predicted molar refractivity (Wildman–Crippen MR) is 59.9 cm³/mol. The first-order valence-electron chi connectivity index (χ1n) is 5.99. The number of Topliss-reactive ketones (excluding diaryl/α,β-unsaturated/α-hetero) is 2. The molecule has 3 heteroatoms. The number of carbonyl (C=O) groups excluding carboxylic acids is 2. The highest BCUT2D eigenvalue weighted by Crippen LogP contribution is 2.34. The average molecular weight is 217 g/mol. The van der Waals surface area contributed by atoms with Gasteiger partial charge in [0.2, 0.25) is 11.6 Å². The Hall–Kier alpha value is -1.22. The van der Waals surface area contributed by atoms with Crippen molar-refractivity contribution in [3.63, 3.8) is 0 Å². The standard InChI is InChI=1S/C13H15NO2/c15-11-6-5-10-12(13(11)16)9-4-2-1-3-8(9)7-14-10/h2,4,8,10,14H,1,3,5-7H2. The van der Waals surface area contributed by atoms with Gasteiger partial charge in [-0.25, -0.2) is 0 Å². The highest BCUT2D eigenvalue weighted by Gasteiger charge is 2.38. The van der Waals surface area contributed by atoms with E-state index in [0.29, 0.717) is 12.3 Å². The van der Waals surface area contributed by atoms with Crippen molar-refractivity contribution in [3.05, 3.63) is 23.3 Å². The van der Waals surface area contributed by atoms with Crippen molar-refractivity contribution >= 4 is 11.6 Å². The van der Waals surface area contributed by atoms with Gasteiger partial charge in [0.1, 0.15) is 0 Å². The summed E-state index contributed by atoms with van der Waals surface area (Å²) in [5, 5.41) is 3.41. The van der Waals surface area contributed by atoms with Crippen molar-refractivity contribution < 1.29 is 9.59 Å². The third kappa shape index (κ3) is 1.39. The minimum Gasteiger partial charge on any atom is -0.309 e. The monoisotopic (exact) mass is 217 g/mol. The summed E-state index contributed by atoms with van der Waals surface area (Å²) in [4.78, 5) is 23.4. The first-order valence-corrected chi connectivity index (χ1v) is 5.99. The number of allylic oxidation sites excluding steroid dienone is 2. The minimum absolute atomic E-state index is 0.124. The second-order valence-corrected chi connectivity index (χ2v) is 4.80. The van der Waals surface area contributed by atoms with Crippen LogP contribution in [0.25, 0.3) is 0 Å². The minimum atomic E-state index is -0.241. The lowest BCUT2D eigenvalue weighted by atomic mass is 9.75. The highest BCUT2D eigenvalue weighted by molar-refractivity contribution is 6.44. The van der Waals surface area contributed by atoms with Crippen LogP contribution in [0.4, 0.5) is 0 Å². The van der Waals surface area contributed by atoms with Gasteiger partial charge in [0, 0.05) is 24.6 Å². The summed E-state index contributed by atoms with van der Waals surface area (Å²) >= 11 is 0. The van der Waals surface area contributed by atoms with E-state index in [1.54, 1.807) is 0 Å². The molecule has 0 saturated heterocycles. The van der Waals surface area contributed by atoms with Gasteiger partial charge in [0.05, 0.1) is 0 Å². The second-order valence-electron chi connectivity index (χ2n) is 4.80. The summed E-state index contributed by atoms with van der Waals surface area (Å²) in [6, 6.07) is 0.124. The molecule has 0 spiro atoms. The molecule has 2 unspecified atom stereocenters. The lowest BCUT2D eigenvalue weighted by Crippen LogP contribution is -2.47. The van der Waals surface area contributed by atoms with Gasteiger partial charge < -0.3 is 5.32 Å². The van der Waals surface area contributed by atoms with E-state index in [4.69, 9.17) is 0 Å². The molecule has 1 heterocycles. The summed E-state index contributed by atoms with van der Waals surface area (Å²) < 4.78 is 0. The number of nitrogens with one attached hydrogen (secondary N) is 1. The normalized spacial score (nSPS) is 33.8. The van der Waals surface area contributed by atoms with E-state index in [-0.39, 0.29) is 17.6 Å². The fourth-order valence-electron chi connectivity index (χ4n) is 2.98. The average Bonchev–Trinajstić information content (AvgIpc) is 2.33. The first-order chi connectivity index (χ1) is 7.77. The van der Waals surface area contributed by atoms with E-state index < -0.39 is 0 Å². The van der Waals surface area contributed by atoms with Crippen LogP contribution in [0.1, 0.15) is 25.7 Å². The molecule has 0 bridgehead atoms. The van der Waals surface area contributed by atoms with Crippen LogP contribution in [0.15, 0.2) is 23.3 Å². The molecular weight excluding hydrogens is 202 g/mol.